The Kier molecular flexibility index (Phi) is 4.14. The molecule has 4 nitrogen and oxygen atoms in total. The predicted octanol–water partition coefficient (Wildman–Crippen LogP) is 1.51. The van der Waals surface area contributed by atoms with Gasteiger partial charge in [-0.3, -0.25) is 0 Å². The third-order valence-electron chi connectivity index (χ3n) is 3.12. The Balaban J connectivity index is 2.12. The number of piperazine rings is 1. The molecule has 1 aliphatic rings. The highest BCUT2D eigenvalue weighted by atomic mass is 35.7. The van der Waals surface area contributed by atoms with Crippen LogP contribution in [0, 0.1) is 0 Å². The van der Waals surface area contributed by atoms with Crippen LogP contribution in [0.3, 0.4) is 0 Å². The van der Waals surface area contributed by atoms with Gasteiger partial charge in [0.1, 0.15) is 0 Å². The SMILES string of the molecule is CN1CCN(c2cccc(CS(=O)(=O)Cl)c2)CC1. The fourth-order valence-corrected chi connectivity index (χ4v) is 3.06. The van der Waals surface area contributed by atoms with Crippen LogP contribution in [0.4, 0.5) is 5.69 Å². The molecule has 0 spiro atoms. The zero-order valence-electron chi connectivity index (χ0n) is 10.3. The summed E-state index contributed by atoms with van der Waals surface area (Å²) in [6.45, 7) is 3.98. The monoisotopic (exact) mass is 288 g/mol. The molecule has 0 unspecified atom stereocenters. The summed E-state index contributed by atoms with van der Waals surface area (Å²) in [5.74, 6) is -0.115. The number of rotatable bonds is 3. The highest BCUT2D eigenvalue weighted by molar-refractivity contribution is 8.13. The molecule has 1 heterocycles. The quantitative estimate of drug-likeness (QED) is 0.791. The van der Waals surface area contributed by atoms with E-state index in [-0.39, 0.29) is 5.75 Å². The van der Waals surface area contributed by atoms with Gasteiger partial charge in [-0.25, -0.2) is 8.42 Å². The van der Waals surface area contributed by atoms with Crippen molar-refractivity contribution >= 4 is 25.4 Å². The minimum absolute atomic E-state index is 0.115. The van der Waals surface area contributed by atoms with E-state index in [9.17, 15) is 8.42 Å². The summed E-state index contributed by atoms with van der Waals surface area (Å²) in [4.78, 5) is 4.55. The number of halogens is 1. The number of benzene rings is 1. The van der Waals surface area contributed by atoms with E-state index in [2.05, 4.69) is 16.8 Å². The molecule has 0 atom stereocenters. The summed E-state index contributed by atoms with van der Waals surface area (Å²) in [6, 6.07) is 7.59. The molecule has 2 rings (SSSR count). The average molecular weight is 289 g/mol. The molecule has 0 amide bonds. The molecular weight excluding hydrogens is 272 g/mol. The third kappa shape index (κ3) is 3.86. The number of nitrogens with zero attached hydrogens (tertiary/aromatic N) is 2. The molecule has 18 heavy (non-hydrogen) atoms. The Bertz CT molecular complexity index is 511. The van der Waals surface area contributed by atoms with Gasteiger partial charge in [0, 0.05) is 42.5 Å². The van der Waals surface area contributed by atoms with Gasteiger partial charge in [0.05, 0.1) is 5.75 Å². The Hall–Kier alpha value is -0.780. The fourth-order valence-electron chi connectivity index (χ4n) is 2.11. The Morgan fingerprint density at radius 2 is 1.89 bits per heavy atom. The third-order valence-corrected chi connectivity index (χ3v) is 4.12. The Labute approximate surface area is 113 Å². The van der Waals surface area contributed by atoms with Crippen LogP contribution in [-0.4, -0.2) is 46.5 Å². The first-order chi connectivity index (χ1) is 8.44. The minimum atomic E-state index is -3.49. The van der Waals surface area contributed by atoms with Crippen LogP contribution in [0.2, 0.25) is 0 Å². The van der Waals surface area contributed by atoms with Crippen LogP contribution in [-0.2, 0) is 14.8 Å². The molecule has 6 heteroatoms. The van der Waals surface area contributed by atoms with Crippen molar-refractivity contribution in [2.45, 2.75) is 5.75 Å². The molecule has 1 saturated heterocycles. The zero-order valence-corrected chi connectivity index (χ0v) is 11.9. The lowest BCUT2D eigenvalue weighted by molar-refractivity contribution is 0.313. The second-order valence-electron chi connectivity index (χ2n) is 4.64. The molecule has 1 aromatic carbocycles. The van der Waals surface area contributed by atoms with Crippen molar-refractivity contribution in [3.63, 3.8) is 0 Å². The predicted molar refractivity (Wildman–Crippen MR) is 74.6 cm³/mol. The smallest absolute Gasteiger partial charge is 0.236 e. The molecular formula is C12H17ClN2O2S. The summed E-state index contributed by atoms with van der Waals surface area (Å²) >= 11 is 0. The summed E-state index contributed by atoms with van der Waals surface area (Å²) in [5.41, 5.74) is 1.81. The van der Waals surface area contributed by atoms with Gasteiger partial charge in [-0.05, 0) is 24.7 Å². The van der Waals surface area contributed by atoms with Crippen molar-refractivity contribution in [3.05, 3.63) is 29.8 Å². The topological polar surface area (TPSA) is 40.6 Å². The van der Waals surface area contributed by atoms with Gasteiger partial charge < -0.3 is 9.80 Å². The second-order valence-corrected chi connectivity index (χ2v) is 7.42. The van der Waals surface area contributed by atoms with E-state index in [0.717, 1.165) is 37.4 Å². The summed E-state index contributed by atoms with van der Waals surface area (Å²) in [7, 11) is 3.89. The Morgan fingerprint density at radius 3 is 2.50 bits per heavy atom. The maximum absolute atomic E-state index is 11.1. The van der Waals surface area contributed by atoms with Crippen LogP contribution in [0.15, 0.2) is 24.3 Å². The van der Waals surface area contributed by atoms with Gasteiger partial charge in [0.25, 0.3) is 0 Å². The van der Waals surface area contributed by atoms with E-state index in [4.69, 9.17) is 10.7 Å². The summed E-state index contributed by atoms with van der Waals surface area (Å²) in [6.07, 6.45) is 0. The normalized spacial score (nSPS) is 18.0. The molecule has 0 saturated carbocycles. The molecule has 0 bridgehead atoms. The first-order valence-corrected chi connectivity index (χ1v) is 8.37. The lowest BCUT2D eigenvalue weighted by Crippen LogP contribution is -2.44. The largest absolute Gasteiger partial charge is 0.369 e. The average Bonchev–Trinajstić information content (AvgIpc) is 2.28. The molecule has 0 radical (unpaired) electrons. The summed E-state index contributed by atoms with van der Waals surface area (Å²) < 4.78 is 22.2. The zero-order chi connectivity index (χ0) is 13.2. The van der Waals surface area contributed by atoms with E-state index >= 15 is 0 Å². The molecule has 0 aromatic heterocycles. The number of hydrogen-bond donors (Lipinski definition) is 0. The van der Waals surface area contributed by atoms with Gasteiger partial charge in [-0.2, -0.15) is 0 Å². The van der Waals surface area contributed by atoms with Crippen LogP contribution in [0.5, 0.6) is 0 Å². The van der Waals surface area contributed by atoms with Gasteiger partial charge in [-0.1, -0.05) is 12.1 Å². The van der Waals surface area contributed by atoms with E-state index in [1.54, 1.807) is 6.07 Å². The van der Waals surface area contributed by atoms with Gasteiger partial charge in [0.2, 0.25) is 9.05 Å². The molecule has 100 valence electrons. The van der Waals surface area contributed by atoms with E-state index in [1.165, 1.54) is 0 Å². The maximum atomic E-state index is 11.1. The van der Waals surface area contributed by atoms with Gasteiger partial charge >= 0.3 is 0 Å². The molecule has 1 aliphatic heterocycles. The molecule has 0 aliphatic carbocycles. The number of likely N-dealkylation sites (N-methyl/N-ethyl adjacent to an activating group) is 1. The van der Waals surface area contributed by atoms with Crippen molar-refractivity contribution < 1.29 is 8.42 Å². The van der Waals surface area contributed by atoms with Crippen molar-refractivity contribution in [2.24, 2.45) is 0 Å². The lowest BCUT2D eigenvalue weighted by atomic mass is 10.2. The fraction of sp³-hybridized carbons (Fsp3) is 0.500. The second kappa shape index (κ2) is 5.47. The van der Waals surface area contributed by atoms with Crippen LogP contribution in [0.1, 0.15) is 5.56 Å². The standard InChI is InChI=1S/C12H17ClN2O2S/c1-14-5-7-15(8-6-14)12-4-2-3-11(9-12)10-18(13,16)17/h2-4,9H,5-8,10H2,1H3. The molecule has 0 N–H and O–H groups in total. The van der Waals surface area contributed by atoms with Gasteiger partial charge in [0.15, 0.2) is 0 Å². The maximum Gasteiger partial charge on any atom is 0.236 e. The highest BCUT2D eigenvalue weighted by Crippen LogP contribution is 2.20. The van der Waals surface area contributed by atoms with Crippen molar-refractivity contribution in [1.82, 2.24) is 4.90 Å². The van der Waals surface area contributed by atoms with Crippen LogP contribution in [0.25, 0.3) is 0 Å². The van der Waals surface area contributed by atoms with Crippen LogP contribution >= 0.6 is 10.7 Å². The van der Waals surface area contributed by atoms with Crippen molar-refractivity contribution in [1.29, 1.82) is 0 Å². The number of hydrogen-bond acceptors (Lipinski definition) is 4. The van der Waals surface area contributed by atoms with E-state index < -0.39 is 9.05 Å². The minimum Gasteiger partial charge on any atom is -0.369 e. The van der Waals surface area contributed by atoms with Crippen molar-refractivity contribution in [2.75, 3.05) is 38.1 Å². The van der Waals surface area contributed by atoms with E-state index in [1.807, 2.05) is 18.2 Å². The summed E-state index contributed by atoms with van der Waals surface area (Å²) in [5, 5.41) is 0. The molecule has 1 aromatic rings. The Morgan fingerprint density at radius 1 is 1.22 bits per heavy atom. The lowest BCUT2D eigenvalue weighted by Gasteiger charge is -2.34. The first kappa shape index (κ1) is 13.6. The van der Waals surface area contributed by atoms with E-state index in [0.29, 0.717) is 0 Å². The number of anilines is 1. The van der Waals surface area contributed by atoms with Crippen LogP contribution < -0.4 is 4.90 Å². The van der Waals surface area contributed by atoms with Gasteiger partial charge in [-0.15, -0.1) is 0 Å². The molecule has 1 fully saturated rings. The first-order valence-electron chi connectivity index (χ1n) is 5.89. The van der Waals surface area contributed by atoms with Crippen molar-refractivity contribution in [3.8, 4) is 0 Å². The highest BCUT2D eigenvalue weighted by Gasteiger charge is 2.15.